The molecule has 2 aromatic carbocycles. The fourth-order valence-electron chi connectivity index (χ4n) is 3.96. The van der Waals surface area contributed by atoms with Crippen molar-refractivity contribution in [2.24, 2.45) is 4.99 Å². The molecule has 0 spiro atoms. The highest BCUT2D eigenvalue weighted by Gasteiger charge is 2.33. The molecule has 1 saturated heterocycles. The molecule has 0 bridgehead atoms. The zero-order chi connectivity index (χ0) is 22.3. The van der Waals surface area contributed by atoms with E-state index in [2.05, 4.69) is 27.3 Å². The van der Waals surface area contributed by atoms with Gasteiger partial charge in [-0.3, -0.25) is 4.79 Å². The standard InChI is InChI=1S/C25H25N5OS/c1-19-8-5-6-12-22(19)28-25(27-18-26)29-13-14-30(24(31)16-21-11-7-15-32-21)23(17-29)20-9-3-2-4-10-20/h2-12,15,23H,13-14,16-17H2,1H3,(H,27,28). The van der Waals surface area contributed by atoms with Crippen LogP contribution in [0.3, 0.4) is 0 Å². The first kappa shape index (κ1) is 21.6. The Morgan fingerprint density at radius 3 is 2.62 bits per heavy atom. The highest BCUT2D eigenvalue weighted by Crippen LogP contribution is 2.27. The molecule has 7 heteroatoms. The number of benzene rings is 2. The molecule has 0 aliphatic carbocycles. The lowest BCUT2D eigenvalue weighted by Crippen LogP contribution is -2.54. The number of nitrogens with zero attached hydrogens (tertiary/aromatic N) is 4. The summed E-state index contributed by atoms with van der Waals surface area (Å²) < 4.78 is 0. The molecule has 1 N–H and O–H groups in total. The van der Waals surface area contributed by atoms with Crippen molar-refractivity contribution in [3.8, 4) is 6.19 Å². The first-order valence-electron chi connectivity index (χ1n) is 10.6. The summed E-state index contributed by atoms with van der Waals surface area (Å²) in [5.41, 5.74) is 3.06. The van der Waals surface area contributed by atoms with Crippen LogP contribution >= 0.6 is 11.3 Å². The van der Waals surface area contributed by atoms with Crippen LogP contribution in [0.4, 0.5) is 5.69 Å². The predicted molar refractivity (Wildman–Crippen MR) is 128 cm³/mol. The van der Waals surface area contributed by atoms with Crippen LogP contribution in [0.25, 0.3) is 0 Å². The highest BCUT2D eigenvalue weighted by atomic mass is 32.1. The van der Waals surface area contributed by atoms with Gasteiger partial charge in [0.1, 0.15) is 0 Å². The number of para-hydroxylation sites is 1. The molecular weight excluding hydrogens is 418 g/mol. The molecular formula is C25H25N5OS. The van der Waals surface area contributed by atoms with E-state index in [0.717, 1.165) is 21.7 Å². The van der Waals surface area contributed by atoms with Gasteiger partial charge in [-0.2, -0.15) is 5.26 Å². The molecule has 0 saturated carbocycles. The minimum Gasteiger partial charge on any atom is -0.338 e. The van der Waals surface area contributed by atoms with E-state index in [0.29, 0.717) is 32.0 Å². The van der Waals surface area contributed by atoms with Crippen LogP contribution in [0, 0.1) is 18.4 Å². The Balaban J connectivity index is 1.58. The minimum atomic E-state index is -0.125. The van der Waals surface area contributed by atoms with Gasteiger partial charge in [-0.25, -0.2) is 0 Å². The van der Waals surface area contributed by atoms with E-state index < -0.39 is 0 Å². The van der Waals surface area contributed by atoms with Crippen LogP contribution in [0.5, 0.6) is 0 Å². The number of aliphatic imine (C=N–C) groups is 1. The Hall–Kier alpha value is -3.63. The fraction of sp³-hybridized carbons (Fsp3) is 0.240. The average molecular weight is 444 g/mol. The summed E-state index contributed by atoms with van der Waals surface area (Å²) in [6.07, 6.45) is 2.33. The molecule has 4 rings (SSSR count). The number of amides is 1. The molecule has 2 heterocycles. The second-order valence-corrected chi connectivity index (χ2v) is 8.72. The maximum atomic E-state index is 13.2. The first-order valence-corrected chi connectivity index (χ1v) is 11.4. The number of nitriles is 1. The van der Waals surface area contributed by atoms with Crippen molar-refractivity contribution in [1.82, 2.24) is 9.80 Å². The van der Waals surface area contributed by atoms with Gasteiger partial charge in [0.15, 0.2) is 0 Å². The summed E-state index contributed by atoms with van der Waals surface area (Å²) in [6.45, 7) is 3.72. The Morgan fingerprint density at radius 2 is 1.91 bits per heavy atom. The number of carbonyl (C=O) groups excluding carboxylic acids is 1. The van der Waals surface area contributed by atoms with E-state index in [1.807, 2.05) is 78.0 Å². The van der Waals surface area contributed by atoms with E-state index in [-0.39, 0.29) is 11.9 Å². The summed E-state index contributed by atoms with van der Waals surface area (Å²) in [4.78, 5) is 22.4. The number of nitrogens with one attached hydrogen (secondary N) is 1. The monoisotopic (exact) mass is 443 g/mol. The Kier molecular flexibility index (Phi) is 6.83. The summed E-state index contributed by atoms with van der Waals surface area (Å²) in [5, 5.41) is 14.6. The van der Waals surface area contributed by atoms with Crippen LogP contribution in [-0.2, 0) is 11.2 Å². The van der Waals surface area contributed by atoms with Crippen molar-refractivity contribution in [3.63, 3.8) is 0 Å². The molecule has 1 fully saturated rings. The lowest BCUT2D eigenvalue weighted by Gasteiger charge is -2.42. The number of guanidine groups is 1. The van der Waals surface area contributed by atoms with Gasteiger partial charge in [0.2, 0.25) is 18.1 Å². The third-order valence-electron chi connectivity index (χ3n) is 5.64. The number of hydrogen-bond acceptors (Lipinski definition) is 4. The van der Waals surface area contributed by atoms with Gasteiger partial charge in [0, 0.05) is 30.2 Å². The van der Waals surface area contributed by atoms with Gasteiger partial charge in [0.05, 0.1) is 12.5 Å². The van der Waals surface area contributed by atoms with Gasteiger partial charge in [-0.1, -0.05) is 54.6 Å². The smallest absolute Gasteiger partial charge is 0.228 e. The molecule has 0 radical (unpaired) electrons. The predicted octanol–water partition coefficient (Wildman–Crippen LogP) is 4.43. The first-order chi connectivity index (χ1) is 15.7. The van der Waals surface area contributed by atoms with Crippen LogP contribution in [0.15, 0.2) is 77.1 Å². The lowest BCUT2D eigenvalue weighted by atomic mass is 10.0. The van der Waals surface area contributed by atoms with Crippen molar-refractivity contribution >= 4 is 28.9 Å². The van der Waals surface area contributed by atoms with Crippen molar-refractivity contribution in [2.75, 3.05) is 25.0 Å². The Morgan fingerprint density at radius 1 is 1.12 bits per heavy atom. The SMILES string of the molecule is Cc1ccccc1N/C(=N/C#N)N1CCN(C(=O)Cc2cccs2)C(c2ccccc2)C1. The normalized spacial score (nSPS) is 16.5. The molecule has 1 aromatic heterocycles. The number of hydrogen-bond donors (Lipinski definition) is 1. The van der Waals surface area contributed by atoms with Gasteiger partial charge < -0.3 is 15.1 Å². The second-order valence-electron chi connectivity index (χ2n) is 7.69. The number of anilines is 1. The lowest BCUT2D eigenvalue weighted by molar-refractivity contribution is -0.134. The molecule has 1 atom stereocenters. The number of aryl methyl sites for hydroxylation is 1. The second kappa shape index (κ2) is 10.1. The highest BCUT2D eigenvalue weighted by molar-refractivity contribution is 7.10. The van der Waals surface area contributed by atoms with Gasteiger partial charge in [-0.15, -0.1) is 16.3 Å². The molecule has 3 aromatic rings. The number of rotatable bonds is 4. The summed E-state index contributed by atoms with van der Waals surface area (Å²) in [6, 6.07) is 21.8. The molecule has 6 nitrogen and oxygen atoms in total. The van der Waals surface area contributed by atoms with Crippen LogP contribution in [-0.4, -0.2) is 41.3 Å². The number of thiophene rings is 1. The quantitative estimate of drug-likeness (QED) is 0.368. The van der Waals surface area contributed by atoms with E-state index in [4.69, 9.17) is 0 Å². The average Bonchev–Trinajstić information content (AvgIpc) is 3.33. The topological polar surface area (TPSA) is 71.7 Å². The third-order valence-corrected chi connectivity index (χ3v) is 6.51. The maximum absolute atomic E-state index is 13.2. The molecule has 1 aliphatic rings. The zero-order valence-electron chi connectivity index (χ0n) is 17.9. The maximum Gasteiger partial charge on any atom is 0.228 e. The molecule has 1 aliphatic heterocycles. The summed E-state index contributed by atoms with van der Waals surface area (Å²) >= 11 is 1.60. The molecule has 32 heavy (non-hydrogen) atoms. The zero-order valence-corrected chi connectivity index (χ0v) is 18.8. The van der Waals surface area contributed by atoms with E-state index in [1.165, 1.54) is 0 Å². The van der Waals surface area contributed by atoms with E-state index in [9.17, 15) is 10.1 Å². The van der Waals surface area contributed by atoms with Crippen LogP contribution in [0.1, 0.15) is 22.0 Å². The van der Waals surface area contributed by atoms with Crippen molar-refractivity contribution in [1.29, 1.82) is 5.26 Å². The molecule has 1 unspecified atom stereocenters. The summed E-state index contributed by atoms with van der Waals surface area (Å²) in [5.74, 6) is 0.625. The number of piperazine rings is 1. The molecule has 1 amide bonds. The van der Waals surface area contributed by atoms with Gasteiger partial charge in [0.25, 0.3) is 0 Å². The van der Waals surface area contributed by atoms with E-state index >= 15 is 0 Å². The molecule has 162 valence electrons. The minimum absolute atomic E-state index is 0.117. The van der Waals surface area contributed by atoms with Crippen molar-refractivity contribution in [3.05, 3.63) is 88.1 Å². The fourth-order valence-corrected chi connectivity index (χ4v) is 4.65. The van der Waals surface area contributed by atoms with Crippen LogP contribution < -0.4 is 5.32 Å². The Bertz CT molecular complexity index is 1120. The van der Waals surface area contributed by atoms with Crippen molar-refractivity contribution < 1.29 is 4.79 Å². The summed E-state index contributed by atoms with van der Waals surface area (Å²) in [7, 11) is 0. The van der Waals surface area contributed by atoms with Crippen LogP contribution in [0.2, 0.25) is 0 Å². The number of carbonyl (C=O) groups is 1. The van der Waals surface area contributed by atoms with Crippen molar-refractivity contribution in [2.45, 2.75) is 19.4 Å². The van der Waals surface area contributed by atoms with Gasteiger partial charge in [-0.05, 0) is 35.6 Å². The largest absolute Gasteiger partial charge is 0.338 e. The van der Waals surface area contributed by atoms with Gasteiger partial charge >= 0.3 is 0 Å². The third kappa shape index (κ3) is 4.98. The van der Waals surface area contributed by atoms with E-state index in [1.54, 1.807) is 11.3 Å². The Labute approximate surface area is 192 Å².